The fraction of sp³-hybridized carbons (Fsp3) is 0.891. The minimum atomic E-state index is -4.33. The maximum Gasteiger partial charge on any atom is 1.00 e. The van der Waals surface area contributed by atoms with Crippen molar-refractivity contribution >= 4 is 10.1 Å². The topological polar surface area (TPSA) is 57.2 Å². The smallest absolute Gasteiger partial charge is 0.744 e. The fourth-order valence-electron chi connectivity index (χ4n) is 9.18. The molecule has 5 heteroatoms. The van der Waals surface area contributed by atoms with E-state index in [2.05, 4.69) is 6.92 Å². The molecule has 3 nitrogen and oxygen atoms in total. The Labute approximate surface area is 420 Å². The standard InChI is InChI=1S/C55H104O3S.K/c1-2-3-4-5-6-7-8-9-10-11-12-13-14-15-16-17-18-19-20-21-22-23-24-25-26-27-28-29-30-31-32-33-34-35-36-37-38-39-40-41-42-43-44-45-46-47-48-49-54-50-52-55(53-51-54)59(56,57)58;/h50-53H,2-49H2,1H3,(H,56,57,58);/q;+1/p-1. The first-order valence-electron chi connectivity index (χ1n) is 27.1. The molecule has 1 aromatic rings. The molecule has 0 saturated heterocycles. The molecule has 0 saturated carbocycles. The van der Waals surface area contributed by atoms with Crippen LogP contribution in [0.3, 0.4) is 0 Å². The molecular formula is C55H103KO3S. The van der Waals surface area contributed by atoms with Crippen LogP contribution in [0.15, 0.2) is 29.2 Å². The minimum Gasteiger partial charge on any atom is -0.744 e. The Hall–Kier alpha value is 0.766. The summed E-state index contributed by atoms with van der Waals surface area (Å²) in [5, 5.41) is 0. The molecule has 348 valence electrons. The first kappa shape index (κ1) is 60.8. The van der Waals surface area contributed by atoms with Crippen LogP contribution < -0.4 is 51.4 Å². The number of hydrogen-bond acceptors (Lipinski definition) is 3. The molecule has 0 N–H and O–H groups in total. The van der Waals surface area contributed by atoms with Crippen molar-refractivity contribution in [2.45, 2.75) is 320 Å². The Morgan fingerprint density at radius 3 is 0.633 bits per heavy atom. The van der Waals surface area contributed by atoms with Gasteiger partial charge in [-0.25, -0.2) is 8.42 Å². The van der Waals surface area contributed by atoms with E-state index in [4.69, 9.17) is 0 Å². The normalized spacial score (nSPS) is 11.7. The Bertz CT molecular complexity index is 1060. The summed E-state index contributed by atoms with van der Waals surface area (Å²) in [4.78, 5) is -0.131. The van der Waals surface area contributed by atoms with Crippen LogP contribution in [-0.4, -0.2) is 13.0 Å². The number of rotatable bonds is 49. The van der Waals surface area contributed by atoms with Gasteiger partial charge in [-0.15, -0.1) is 0 Å². The van der Waals surface area contributed by atoms with Crippen molar-refractivity contribution in [1.29, 1.82) is 0 Å². The quantitative estimate of drug-likeness (QED) is 0.0372. The Morgan fingerprint density at radius 1 is 0.300 bits per heavy atom. The summed E-state index contributed by atoms with van der Waals surface area (Å²) in [6.45, 7) is 2.31. The van der Waals surface area contributed by atoms with Crippen LogP contribution in [0.2, 0.25) is 0 Å². The van der Waals surface area contributed by atoms with Crippen LogP contribution >= 0.6 is 0 Å². The van der Waals surface area contributed by atoms with Gasteiger partial charge in [0.25, 0.3) is 0 Å². The molecule has 1 rings (SSSR count). The van der Waals surface area contributed by atoms with E-state index in [1.165, 1.54) is 307 Å². The van der Waals surface area contributed by atoms with E-state index >= 15 is 0 Å². The molecule has 0 amide bonds. The first-order chi connectivity index (χ1) is 29.0. The van der Waals surface area contributed by atoms with Crippen LogP contribution in [0.1, 0.15) is 314 Å². The number of aryl methyl sites for hydroxylation is 1. The summed E-state index contributed by atoms with van der Waals surface area (Å²) in [6.07, 6.45) is 68.8. The van der Waals surface area contributed by atoms with Gasteiger partial charge in [-0.1, -0.05) is 314 Å². The summed E-state index contributed by atoms with van der Waals surface area (Å²) in [7, 11) is -4.33. The zero-order valence-electron chi connectivity index (χ0n) is 40.9. The van der Waals surface area contributed by atoms with E-state index in [1.807, 2.05) is 0 Å². The first-order valence-corrected chi connectivity index (χ1v) is 28.5. The maximum atomic E-state index is 11.0. The van der Waals surface area contributed by atoms with Crippen LogP contribution in [0.25, 0.3) is 0 Å². The summed E-state index contributed by atoms with van der Waals surface area (Å²) in [6, 6.07) is 6.42. The third-order valence-electron chi connectivity index (χ3n) is 13.3. The number of hydrogen-bond donors (Lipinski definition) is 0. The molecule has 0 heterocycles. The molecule has 0 fully saturated rings. The zero-order valence-corrected chi connectivity index (χ0v) is 44.8. The monoisotopic (exact) mass is 883 g/mol. The minimum absolute atomic E-state index is 0. The Balaban J connectivity index is 0.0000348. The molecule has 0 aliphatic rings. The van der Waals surface area contributed by atoms with Crippen LogP contribution in [0.4, 0.5) is 0 Å². The van der Waals surface area contributed by atoms with E-state index in [1.54, 1.807) is 12.1 Å². The van der Waals surface area contributed by atoms with Gasteiger partial charge in [-0.05, 0) is 30.5 Å². The SMILES string of the molecule is CCCCCCCCCCCCCCCCCCCCCCCCCCCCCCCCCCCCCCCCCCCCCCCCCc1ccc(S(=O)(=O)[O-])cc1.[K+]. The van der Waals surface area contributed by atoms with Gasteiger partial charge in [0.05, 0.1) is 4.90 Å². The van der Waals surface area contributed by atoms with Crippen LogP contribution in [0, 0.1) is 0 Å². The summed E-state index contributed by atoms with van der Waals surface area (Å²) in [5.74, 6) is 0. The van der Waals surface area contributed by atoms with Gasteiger partial charge < -0.3 is 4.55 Å². The van der Waals surface area contributed by atoms with Crippen molar-refractivity contribution in [2.24, 2.45) is 0 Å². The number of benzene rings is 1. The predicted molar refractivity (Wildman–Crippen MR) is 261 cm³/mol. The van der Waals surface area contributed by atoms with Gasteiger partial charge in [0, 0.05) is 0 Å². The molecular weight excluding hydrogens is 780 g/mol. The molecule has 0 spiro atoms. The van der Waals surface area contributed by atoms with Crippen molar-refractivity contribution in [3.63, 3.8) is 0 Å². The van der Waals surface area contributed by atoms with Crippen molar-refractivity contribution in [2.75, 3.05) is 0 Å². The molecule has 0 radical (unpaired) electrons. The summed E-state index contributed by atoms with van der Waals surface area (Å²) < 4.78 is 33.1. The molecule has 0 aliphatic carbocycles. The molecule has 1 aromatic carbocycles. The van der Waals surface area contributed by atoms with Crippen molar-refractivity contribution in [1.82, 2.24) is 0 Å². The van der Waals surface area contributed by atoms with Crippen molar-refractivity contribution in [3.8, 4) is 0 Å². The molecule has 0 atom stereocenters. The second-order valence-corrected chi connectivity index (χ2v) is 20.5. The molecule has 0 bridgehead atoms. The van der Waals surface area contributed by atoms with Crippen LogP contribution in [-0.2, 0) is 16.5 Å². The van der Waals surface area contributed by atoms with Crippen LogP contribution in [0.5, 0.6) is 0 Å². The molecule has 0 aromatic heterocycles. The van der Waals surface area contributed by atoms with Gasteiger partial charge in [0.1, 0.15) is 10.1 Å². The second-order valence-electron chi connectivity index (χ2n) is 19.1. The fourth-order valence-corrected chi connectivity index (χ4v) is 9.65. The molecule has 60 heavy (non-hydrogen) atoms. The predicted octanol–water partition coefficient (Wildman–Crippen LogP) is 16.5. The van der Waals surface area contributed by atoms with Gasteiger partial charge >= 0.3 is 51.4 Å². The average molecular weight is 884 g/mol. The van der Waals surface area contributed by atoms with E-state index in [0.717, 1.165) is 18.4 Å². The molecule has 0 unspecified atom stereocenters. The van der Waals surface area contributed by atoms with Gasteiger partial charge in [-0.3, -0.25) is 0 Å². The van der Waals surface area contributed by atoms with Gasteiger partial charge in [-0.2, -0.15) is 0 Å². The van der Waals surface area contributed by atoms with E-state index in [0.29, 0.717) is 0 Å². The van der Waals surface area contributed by atoms with E-state index < -0.39 is 10.1 Å². The average Bonchev–Trinajstić information content (AvgIpc) is 3.23. The van der Waals surface area contributed by atoms with E-state index in [9.17, 15) is 13.0 Å². The largest absolute Gasteiger partial charge is 1.00 e. The second kappa shape index (κ2) is 49.2. The maximum absolute atomic E-state index is 11.0. The van der Waals surface area contributed by atoms with Crippen molar-refractivity contribution in [3.05, 3.63) is 29.8 Å². The van der Waals surface area contributed by atoms with E-state index in [-0.39, 0.29) is 56.3 Å². The summed E-state index contributed by atoms with van der Waals surface area (Å²) in [5.41, 5.74) is 1.12. The van der Waals surface area contributed by atoms with Gasteiger partial charge in [0.15, 0.2) is 0 Å². The van der Waals surface area contributed by atoms with Gasteiger partial charge in [0.2, 0.25) is 0 Å². The Kier molecular flexibility index (Phi) is 49.8. The molecule has 0 aliphatic heterocycles. The Morgan fingerprint density at radius 2 is 0.467 bits per heavy atom. The third-order valence-corrected chi connectivity index (χ3v) is 14.1. The zero-order chi connectivity index (χ0) is 42.4. The third kappa shape index (κ3) is 45.3. The summed E-state index contributed by atoms with van der Waals surface area (Å²) >= 11 is 0. The number of unbranched alkanes of at least 4 members (excludes halogenated alkanes) is 46. The van der Waals surface area contributed by atoms with Crippen molar-refractivity contribution < 1.29 is 64.4 Å².